The Morgan fingerprint density at radius 3 is 3.12 bits per heavy atom. The van der Waals surface area contributed by atoms with Crippen LogP contribution in [-0.4, -0.2) is 19.1 Å². The first kappa shape index (κ1) is 10.4. The molecule has 2 unspecified atom stereocenters. The lowest BCUT2D eigenvalue weighted by atomic mass is 9.89. The lowest BCUT2D eigenvalue weighted by Gasteiger charge is -2.38. The minimum atomic E-state index is 0.618. The number of rotatable bonds is 1. The normalized spacial score (nSPS) is 27.8. The monoisotopic (exact) mass is 236 g/mol. The van der Waals surface area contributed by atoms with E-state index in [1.54, 1.807) is 0 Å². The number of hydrogen-bond acceptors (Lipinski definition) is 2. The highest BCUT2D eigenvalue weighted by molar-refractivity contribution is 6.30. The van der Waals surface area contributed by atoms with Gasteiger partial charge < -0.3 is 10.6 Å². The van der Waals surface area contributed by atoms with Crippen molar-refractivity contribution >= 4 is 17.3 Å². The summed E-state index contributed by atoms with van der Waals surface area (Å²) in [6, 6.07) is 6.89. The van der Waals surface area contributed by atoms with E-state index in [9.17, 15) is 0 Å². The van der Waals surface area contributed by atoms with Crippen LogP contribution < -0.4 is 10.6 Å². The van der Waals surface area contributed by atoms with Crippen LogP contribution in [0.5, 0.6) is 0 Å². The smallest absolute Gasteiger partial charge is 0.0426 e. The van der Waals surface area contributed by atoms with Crippen molar-refractivity contribution in [3.63, 3.8) is 0 Å². The van der Waals surface area contributed by atoms with Crippen molar-refractivity contribution in [1.29, 1.82) is 0 Å². The van der Waals surface area contributed by atoms with Crippen LogP contribution in [0, 0.1) is 5.92 Å². The van der Waals surface area contributed by atoms with E-state index in [0.29, 0.717) is 12.0 Å². The molecule has 1 aromatic carbocycles. The molecule has 2 nitrogen and oxygen atoms in total. The van der Waals surface area contributed by atoms with Crippen LogP contribution >= 0.6 is 11.6 Å². The van der Waals surface area contributed by atoms with E-state index in [-0.39, 0.29) is 0 Å². The summed E-state index contributed by atoms with van der Waals surface area (Å²) in [5.41, 5.74) is 8.65. The lowest BCUT2D eigenvalue weighted by Crippen LogP contribution is -2.45. The number of fused-ring (bicyclic) bond motifs is 3. The minimum Gasteiger partial charge on any atom is -0.368 e. The molecule has 1 aromatic rings. The van der Waals surface area contributed by atoms with Crippen molar-refractivity contribution in [1.82, 2.24) is 0 Å². The Morgan fingerprint density at radius 1 is 1.44 bits per heavy atom. The molecule has 86 valence electrons. The van der Waals surface area contributed by atoms with Crippen LogP contribution in [0.4, 0.5) is 5.69 Å². The first-order chi connectivity index (χ1) is 7.79. The molecule has 0 spiro atoms. The quantitative estimate of drug-likeness (QED) is 0.812. The summed E-state index contributed by atoms with van der Waals surface area (Å²) < 4.78 is 0. The van der Waals surface area contributed by atoms with Crippen LogP contribution in [0.3, 0.4) is 0 Å². The third kappa shape index (κ3) is 1.52. The average Bonchev–Trinajstić information content (AvgIpc) is 2.67. The zero-order valence-electron chi connectivity index (χ0n) is 9.32. The van der Waals surface area contributed by atoms with Gasteiger partial charge in [-0.25, -0.2) is 0 Å². The minimum absolute atomic E-state index is 0.618. The maximum Gasteiger partial charge on any atom is 0.0426 e. The second kappa shape index (κ2) is 3.94. The number of benzene rings is 1. The maximum absolute atomic E-state index is 6.07. The van der Waals surface area contributed by atoms with Gasteiger partial charge >= 0.3 is 0 Å². The Morgan fingerprint density at radius 2 is 2.31 bits per heavy atom. The molecule has 2 aliphatic heterocycles. The second-order valence-corrected chi connectivity index (χ2v) is 5.31. The summed E-state index contributed by atoms with van der Waals surface area (Å²) in [5, 5.41) is 0.842. The fraction of sp³-hybridized carbons (Fsp3) is 0.538. The lowest BCUT2D eigenvalue weighted by molar-refractivity contribution is 0.339. The van der Waals surface area contributed by atoms with E-state index in [1.165, 1.54) is 24.1 Å². The summed E-state index contributed by atoms with van der Waals surface area (Å²) in [7, 11) is 0. The zero-order chi connectivity index (χ0) is 11.1. The van der Waals surface area contributed by atoms with Crippen molar-refractivity contribution in [3.05, 3.63) is 28.8 Å². The summed E-state index contributed by atoms with van der Waals surface area (Å²) >= 11 is 6.07. The van der Waals surface area contributed by atoms with Crippen LogP contribution in [0.1, 0.15) is 18.4 Å². The summed E-state index contributed by atoms with van der Waals surface area (Å²) in [4.78, 5) is 2.52. The fourth-order valence-corrected chi connectivity index (χ4v) is 3.36. The Balaban J connectivity index is 1.97. The van der Waals surface area contributed by atoms with Gasteiger partial charge in [-0.3, -0.25) is 0 Å². The summed E-state index contributed by atoms with van der Waals surface area (Å²) in [6.07, 6.45) is 3.68. The Hall–Kier alpha value is -0.730. The molecule has 0 aliphatic carbocycles. The van der Waals surface area contributed by atoms with Gasteiger partial charge in [0.15, 0.2) is 0 Å². The van der Waals surface area contributed by atoms with Crippen LogP contribution in [0.2, 0.25) is 5.02 Å². The standard InChI is InChI=1S/C13H17ClN2/c14-11-4-3-9-6-12-10(8-15)2-1-5-16(12)13(9)7-11/h3-4,7,10,12H,1-2,5-6,8,15H2. The van der Waals surface area contributed by atoms with Gasteiger partial charge in [-0.2, -0.15) is 0 Å². The van der Waals surface area contributed by atoms with Gasteiger partial charge in [0.25, 0.3) is 0 Å². The molecule has 2 atom stereocenters. The molecule has 2 aliphatic rings. The number of nitrogens with zero attached hydrogens (tertiary/aromatic N) is 1. The van der Waals surface area contributed by atoms with Crippen LogP contribution in [-0.2, 0) is 6.42 Å². The van der Waals surface area contributed by atoms with E-state index in [1.807, 2.05) is 6.07 Å². The van der Waals surface area contributed by atoms with E-state index in [0.717, 1.165) is 24.5 Å². The number of nitrogens with two attached hydrogens (primary N) is 1. The van der Waals surface area contributed by atoms with Crippen molar-refractivity contribution in [2.45, 2.75) is 25.3 Å². The van der Waals surface area contributed by atoms with Crippen molar-refractivity contribution in [2.75, 3.05) is 18.0 Å². The van der Waals surface area contributed by atoms with Crippen LogP contribution in [0.15, 0.2) is 18.2 Å². The van der Waals surface area contributed by atoms with E-state index < -0.39 is 0 Å². The molecule has 0 aromatic heterocycles. The predicted octanol–water partition coefficient (Wildman–Crippen LogP) is 2.44. The molecule has 0 saturated carbocycles. The summed E-state index contributed by atoms with van der Waals surface area (Å²) in [5.74, 6) is 0.653. The van der Waals surface area contributed by atoms with E-state index in [2.05, 4.69) is 17.0 Å². The Labute approximate surface area is 101 Å². The molecule has 1 fully saturated rings. The molecule has 16 heavy (non-hydrogen) atoms. The van der Waals surface area contributed by atoms with E-state index >= 15 is 0 Å². The number of halogens is 1. The van der Waals surface area contributed by atoms with Gasteiger partial charge in [0, 0.05) is 23.3 Å². The molecule has 1 saturated heterocycles. The summed E-state index contributed by atoms with van der Waals surface area (Å²) in [6.45, 7) is 1.97. The molecular weight excluding hydrogens is 220 g/mol. The van der Waals surface area contributed by atoms with Gasteiger partial charge in [-0.15, -0.1) is 0 Å². The van der Waals surface area contributed by atoms with Gasteiger partial charge in [0.1, 0.15) is 0 Å². The Kier molecular flexibility index (Phi) is 2.56. The highest BCUT2D eigenvalue weighted by atomic mass is 35.5. The van der Waals surface area contributed by atoms with Gasteiger partial charge in [0.05, 0.1) is 0 Å². The molecule has 2 heterocycles. The second-order valence-electron chi connectivity index (χ2n) is 4.88. The molecule has 0 bridgehead atoms. The molecule has 0 amide bonds. The van der Waals surface area contributed by atoms with Crippen molar-refractivity contribution in [2.24, 2.45) is 11.7 Å². The highest BCUT2D eigenvalue weighted by Gasteiger charge is 2.36. The third-order valence-electron chi connectivity index (χ3n) is 4.01. The maximum atomic E-state index is 6.07. The molecule has 0 radical (unpaired) electrons. The molecule has 2 N–H and O–H groups in total. The highest BCUT2D eigenvalue weighted by Crippen LogP contribution is 2.40. The first-order valence-corrected chi connectivity index (χ1v) is 6.42. The molecule has 3 rings (SSSR count). The number of anilines is 1. The largest absolute Gasteiger partial charge is 0.368 e. The van der Waals surface area contributed by atoms with Gasteiger partial charge in [-0.05, 0) is 49.4 Å². The molecule has 3 heteroatoms. The average molecular weight is 237 g/mol. The Bertz CT molecular complexity index is 405. The SMILES string of the molecule is NCC1CCCN2c3cc(Cl)ccc3CC12. The van der Waals surface area contributed by atoms with E-state index in [4.69, 9.17) is 17.3 Å². The predicted molar refractivity (Wildman–Crippen MR) is 68.1 cm³/mol. The van der Waals surface area contributed by atoms with Crippen molar-refractivity contribution in [3.8, 4) is 0 Å². The number of hydrogen-bond donors (Lipinski definition) is 1. The fourth-order valence-electron chi connectivity index (χ4n) is 3.19. The first-order valence-electron chi connectivity index (χ1n) is 6.04. The van der Waals surface area contributed by atoms with Gasteiger partial charge in [0.2, 0.25) is 0 Å². The van der Waals surface area contributed by atoms with Crippen LogP contribution in [0.25, 0.3) is 0 Å². The number of piperidine rings is 1. The topological polar surface area (TPSA) is 29.3 Å². The third-order valence-corrected chi connectivity index (χ3v) is 4.24. The van der Waals surface area contributed by atoms with Crippen molar-refractivity contribution < 1.29 is 0 Å². The van der Waals surface area contributed by atoms with Gasteiger partial charge in [-0.1, -0.05) is 17.7 Å². The zero-order valence-corrected chi connectivity index (χ0v) is 10.1. The molecular formula is C13H17ClN2.